The number of hydrogen-bond donors (Lipinski definition) is 2. The number of rotatable bonds is 7. The van der Waals surface area contributed by atoms with E-state index in [0.29, 0.717) is 18.7 Å². The molecule has 0 saturated heterocycles. The van der Waals surface area contributed by atoms with Crippen LogP contribution in [0.4, 0.5) is 0 Å². The van der Waals surface area contributed by atoms with Crippen molar-refractivity contribution >= 4 is 11.9 Å². The molecule has 0 atom stereocenters. The lowest BCUT2D eigenvalue weighted by Crippen LogP contribution is -2.30. The topological polar surface area (TPSA) is 93.5 Å². The van der Waals surface area contributed by atoms with Gasteiger partial charge in [0.1, 0.15) is 5.69 Å². The van der Waals surface area contributed by atoms with Crippen LogP contribution >= 0.6 is 0 Å². The summed E-state index contributed by atoms with van der Waals surface area (Å²) in [6.07, 6.45) is 0.622. The van der Waals surface area contributed by atoms with Crippen LogP contribution in [-0.4, -0.2) is 39.9 Å². The molecule has 128 valence electrons. The van der Waals surface area contributed by atoms with E-state index in [-0.39, 0.29) is 18.1 Å². The second-order valence-electron chi connectivity index (χ2n) is 5.51. The standard InChI is InChI=1S/C17H21N3O4/c1-11-16(12(2)20(3)19-11)24-10-15(21)18-9-8-13-4-6-14(7-5-13)17(22)23/h4-7H,8-10H2,1-3H3,(H,18,21)(H,22,23). The summed E-state index contributed by atoms with van der Waals surface area (Å²) < 4.78 is 7.25. The van der Waals surface area contributed by atoms with E-state index in [1.165, 1.54) is 0 Å². The van der Waals surface area contributed by atoms with Gasteiger partial charge in [-0.1, -0.05) is 12.1 Å². The number of carbonyl (C=O) groups is 2. The number of nitrogens with zero attached hydrogens (tertiary/aromatic N) is 2. The lowest BCUT2D eigenvalue weighted by molar-refractivity contribution is -0.123. The smallest absolute Gasteiger partial charge is 0.335 e. The zero-order valence-corrected chi connectivity index (χ0v) is 14.0. The van der Waals surface area contributed by atoms with Gasteiger partial charge in [-0.3, -0.25) is 9.48 Å². The third kappa shape index (κ3) is 4.34. The van der Waals surface area contributed by atoms with Gasteiger partial charge in [0.05, 0.1) is 11.3 Å². The van der Waals surface area contributed by atoms with Crippen molar-refractivity contribution in [1.29, 1.82) is 0 Å². The molecule has 0 radical (unpaired) electrons. The third-order valence-electron chi connectivity index (χ3n) is 3.73. The highest BCUT2D eigenvalue weighted by atomic mass is 16.5. The van der Waals surface area contributed by atoms with E-state index in [1.54, 1.807) is 28.9 Å². The molecular weight excluding hydrogens is 310 g/mol. The molecule has 1 heterocycles. The van der Waals surface area contributed by atoms with Gasteiger partial charge in [0.2, 0.25) is 0 Å². The molecule has 0 unspecified atom stereocenters. The summed E-state index contributed by atoms with van der Waals surface area (Å²) in [5.41, 5.74) is 2.83. The van der Waals surface area contributed by atoms with Gasteiger partial charge >= 0.3 is 5.97 Å². The largest absolute Gasteiger partial charge is 0.480 e. The van der Waals surface area contributed by atoms with Crippen molar-refractivity contribution in [2.75, 3.05) is 13.2 Å². The lowest BCUT2D eigenvalue weighted by atomic mass is 10.1. The number of aromatic carboxylic acids is 1. The summed E-state index contributed by atoms with van der Waals surface area (Å²) in [5.74, 6) is -0.523. The van der Waals surface area contributed by atoms with Gasteiger partial charge in [0, 0.05) is 13.6 Å². The summed E-state index contributed by atoms with van der Waals surface area (Å²) >= 11 is 0. The Kier molecular flexibility index (Phi) is 5.57. The van der Waals surface area contributed by atoms with Crippen molar-refractivity contribution < 1.29 is 19.4 Å². The number of carbonyl (C=O) groups excluding carboxylic acids is 1. The van der Waals surface area contributed by atoms with Gasteiger partial charge in [-0.05, 0) is 38.0 Å². The van der Waals surface area contributed by atoms with Crippen LogP contribution in [0.25, 0.3) is 0 Å². The van der Waals surface area contributed by atoms with Crippen molar-refractivity contribution in [2.45, 2.75) is 20.3 Å². The molecule has 0 fully saturated rings. The number of aromatic nitrogens is 2. The molecule has 1 aromatic heterocycles. The molecule has 2 rings (SSSR count). The minimum absolute atomic E-state index is 0.0642. The van der Waals surface area contributed by atoms with Crippen LogP contribution in [0.5, 0.6) is 5.75 Å². The Hall–Kier alpha value is -2.83. The molecular formula is C17H21N3O4. The number of nitrogens with one attached hydrogen (secondary N) is 1. The number of aryl methyl sites for hydroxylation is 2. The average molecular weight is 331 g/mol. The molecule has 0 bridgehead atoms. The minimum Gasteiger partial charge on any atom is -0.480 e. The molecule has 7 heteroatoms. The molecule has 1 amide bonds. The molecule has 0 aliphatic carbocycles. The number of benzene rings is 1. The maximum absolute atomic E-state index is 11.8. The van der Waals surface area contributed by atoms with Gasteiger partial charge in [0.15, 0.2) is 12.4 Å². The van der Waals surface area contributed by atoms with Gasteiger partial charge in [-0.2, -0.15) is 5.10 Å². The van der Waals surface area contributed by atoms with E-state index < -0.39 is 5.97 Å². The zero-order valence-electron chi connectivity index (χ0n) is 14.0. The highest BCUT2D eigenvalue weighted by molar-refractivity contribution is 5.87. The fraction of sp³-hybridized carbons (Fsp3) is 0.353. The molecule has 2 aromatic rings. The average Bonchev–Trinajstić information content (AvgIpc) is 2.78. The Labute approximate surface area is 140 Å². The quantitative estimate of drug-likeness (QED) is 0.801. The first-order valence-corrected chi connectivity index (χ1v) is 7.60. The van der Waals surface area contributed by atoms with Crippen molar-refractivity contribution in [1.82, 2.24) is 15.1 Å². The van der Waals surface area contributed by atoms with Crippen LogP contribution in [0.1, 0.15) is 27.3 Å². The summed E-state index contributed by atoms with van der Waals surface area (Å²) in [6.45, 7) is 4.11. The summed E-state index contributed by atoms with van der Waals surface area (Å²) in [5, 5.41) is 15.8. The van der Waals surface area contributed by atoms with Gasteiger partial charge in [0.25, 0.3) is 5.91 Å². The van der Waals surface area contributed by atoms with Gasteiger partial charge in [-0.25, -0.2) is 4.79 Å². The van der Waals surface area contributed by atoms with Crippen molar-refractivity contribution in [3.63, 3.8) is 0 Å². The Morgan fingerprint density at radius 1 is 1.25 bits per heavy atom. The van der Waals surface area contributed by atoms with Crippen molar-refractivity contribution in [3.05, 3.63) is 46.8 Å². The van der Waals surface area contributed by atoms with Crippen LogP contribution < -0.4 is 10.1 Å². The highest BCUT2D eigenvalue weighted by Gasteiger charge is 2.12. The summed E-state index contributed by atoms with van der Waals surface area (Å²) in [7, 11) is 1.82. The molecule has 0 spiro atoms. The van der Waals surface area contributed by atoms with Gasteiger partial charge in [-0.15, -0.1) is 0 Å². The Morgan fingerprint density at radius 3 is 2.46 bits per heavy atom. The second-order valence-corrected chi connectivity index (χ2v) is 5.51. The summed E-state index contributed by atoms with van der Waals surface area (Å²) in [6, 6.07) is 6.59. The second kappa shape index (κ2) is 7.63. The first-order chi connectivity index (χ1) is 11.4. The number of ether oxygens (including phenoxy) is 1. The molecule has 0 aliphatic heterocycles. The zero-order chi connectivity index (χ0) is 17.7. The van der Waals surface area contributed by atoms with Crippen LogP contribution in [0, 0.1) is 13.8 Å². The number of carboxylic acids is 1. The van der Waals surface area contributed by atoms with E-state index in [2.05, 4.69) is 10.4 Å². The highest BCUT2D eigenvalue weighted by Crippen LogP contribution is 2.20. The van der Waals surface area contributed by atoms with Gasteiger partial charge < -0.3 is 15.2 Å². The molecule has 24 heavy (non-hydrogen) atoms. The number of carboxylic acid groups (broad SMARTS) is 1. The predicted octanol–water partition coefficient (Wildman–Crippen LogP) is 1.47. The SMILES string of the molecule is Cc1nn(C)c(C)c1OCC(=O)NCCc1ccc(C(=O)O)cc1. The molecule has 1 aromatic carbocycles. The van der Waals surface area contributed by atoms with Crippen LogP contribution in [-0.2, 0) is 18.3 Å². The first-order valence-electron chi connectivity index (χ1n) is 7.60. The molecule has 0 aliphatic rings. The Balaban J connectivity index is 1.76. The first kappa shape index (κ1) is 17.5. The van der Waals surface area contributed by atoms with Crippen LogP contribution in [0.15, 0.2) is 24.3 Å². The molecule has 7 nitrogen and oxygen atoms in total. The lowest BCUT2D eigenvalue weighted by Gasteiger charge is -2.08. The fourth-order valence-corrected chi connectivity index (χ4v) is 2.31. The number of hydrogen-bond acceptors (Lipinski definition) is 4. The predicted molar refractivity (Wildman–Crippen MR) is 88.3 cm³/mol. The van der Waals surface area contributed by atoms with E-state index in [4.69, 9.17) is 9.84 Å². The molecule has 2 N–H and O–H groups in total. The Morgan fingerprint density at radius 2 is 1.92 bits per heavy atom. The number of amides is 1. The maximum atomic E-state index is 11.8. The third-order valence-corrected chi connectivity index (χ3v) is 3.73. The van der Waals surface area contributed by atoms with E-state index in [0.717, 1.165) is 17.0 Å². The minimum atomic E-state index is -0.951. The van der Waals surface area contributed by atoms with E-state index in [1.807, 2.05) is 20.9 Å². The van der Waals surface area contributed by atoms with Crippen molar-refractivity contribution in [2.24, 2.45) is 7.05 Å². The maximum Gasteiger partial charge on any atom is 0.335 e. The normalized spacial score (nSPS) is 10.5. The van der Waals surface area contributed by atoms with Crippen LogP contribution in [0.2, 0.25) is 0 Å². The van der Waals surface area contributed by atoms with E-state index in [9.17, 15) is 9.59 Å². The monoisotopic (exact) mass is 331 g/mol. The molecule has 0 saturated carbocycles. The van der Waals surface area contributed by atoms with E-state index >= 15 is 0 Å². The fourth-order valence-electron chi connectivity index (χ4n) is 2.31. The Bertz CT molecular complexity index is 735. The van der Waals surface area contributed by atoms with Crippen LogP contribution in [0.3, 0.4) is 0 Å². The van der Waals surface area contributed by atoms with Crippen molar-refractivity contribution in [3.8, 4) is 5.75 Å². The summed E-state index contributed by atoms with van der Waals surface area (Å²) in [4.78, 5) is 22.6.